The van der Waals surface area contributed by atoms with Gasteiger partial charge >= 0.3 is 6.18 Å². The summed E-state index contributed by atoms with van der Waals surface area (Å²) >= 11 is 1.31. The lowest BCUT2D eigenvalue weighted by Gasteiger charge is -2.10. The van der Waals surface area contributed by atoms with Gasteiger partial charge < -0.3 is 10.1 Å². The zero-order valence-electron chi connectivity index (χ0n) is 16.1. The van der Waals surface area contributed by atoms with Gasteiger partial charge in [0.25, 0.3) is 0 Å². The Hall–Kier alpha value is -3.13. The Morgan fingerprint density at radius 3 is 2.60 bits per heavy atom. The minimum Gasteiger partial charge on any atom is -0.497 e. The van der Waals surface area contributed by atoms with Crippen LogP contribution in [0.25, 0.3) is 20.2 Å². The van der Waals surface area contributed by atoms with E-state index in [-0.39, 0.29) is 0 Å². The molecule has 0 aliphatic carbocycles. The molecule has 2 aromatic heterocycles. The maximum absolute atomic E-state index is 13.2. The summed E-state index contributed by atoms with van der Waals surface area (Å²) in [7, 11) is 1.61. The average molecular weight is 429 g/mol. The molecule has 0 atom stereocenters. The average Bonchev–Trinajstić information content (AvgIpc) is 3.12. The summed E-state index contributed by atoms with van der Waals surface area (Å²) in [5.41, 5.74) is 1.21. The van der Waals surface area contributed by atoms with Gasteiger partial charge in [0.1, 0.15) is 11.6 Å². The lowest BCUT2D eigenvalue weighted by Crippen LogP contribution is -2.04. The number of rotatable bonds is 6. The van der Waals surface area contributed by atoms with Gasteiger partial charge in [-0.1, -0.05) is 18.2 Å². The van der Waals surface area contributed by atoms with E-state index in [1.54, 1.807) is 13.3 Å². The number of aliphatic imine (C=N–C) groups is 1. The molecule has 4 nitrogen and oxygen atoms in total. The van der Waals surface area contributed by atoms with Crippen molar-refractivity contribution in [1.82, 2.24) is 4.98 Å². The SMILES string of the molecule is C=NCc1cnc(NCc2ccc(OC)cc2)c2c1sc1cc(C(F)(F)F)ccc12. The van der Waals surface area contributed by atoms with Crippen LogP contribution in [0.2, 0.25) is 0 Å². The molecular weight excluding hydrogens is 411 g/mol. The maximum atomic E-state index is 13.2. The first-order chi connectivity index (χ1) is 14.4. The summed E-state index contributed by atoms with van der Waals surface area (Å²) in [6, 6.07) is 11.5. The highest BCUT2D eigenvalue weighted by Gasteiger charge is 2.31. The number of halogens is 3. The molecule has 8 heteroatoms. The molecular formula is C22H18F3N3OS. The molecule has 0 saturated carbocycles. The predicted octanol–water partition coefficient (Wildman–Crippen LogP) is 6.29. The first-order valence-corrected chi connectivity index (χ1v) is 9.93. The maximum Gasteiger partial charge on any atom is 0.416 e. The third-order valence-corrected chi connectivity index (χ3v) is 6.02. The van der Waals surface area contributed by atoms with Crippen LogP contribution in [-0.4, -0.2) is 18.8 Å². The minimum atomic E-state index is -4.39. The number of pyridine rings is 1. The molecule has 1 N–H and O–H groups in total. The molecule has 0 aliphatic rings. The second-order valence-corrected chi connectivity index (χ2v) is 7.78. The molecule has 0 unspecified atom stereocenters. The van der Waals surface area contributed by atoms with Crippen LogP contribution in [0, 0.1) is 0 Å². The van der Waals surface area contributed by atoms with E-state index in [0.29, 0.717) is 23.6 Å². The number of aromatic nitrogens is 1. The van der Waals surface area contributed by atoms with Crippen molar-refractivity contribution in [3.8, 4) is 5.75 Å². The van der Waals surface area contributed by atoms with Crippen molar-refractivity contribution in [2.45, 2.75) is 19.3 Å². The van der Waals surface area contributed by atoms with Crippen molar-refractivity contribution >= 4 is 44.0 Å². The van der Waals surface area contributed by atoms with Gasteiger partial charge in [-0.05, 0) is 36.5 Å². The number of nitrogens with one attached hydrogen (secondary N) is 1. The van der Waals surface area contributed by atoms with Gasteiger partial charge in [0.15, 0.2) is 0 Å². The Morgan fingerprint density at radius 2 is 1.93 bits per heavy atom. The minimum absolute atomic E-state index is 0.348. The van der Waals surface area contributed by atoms with E-state index in [1.807, 2.05) is 24.3 Å². The first kappa shape index (κ1) is 20.2. The van der Waals surface area contributed by atoms with Crippen molar-refractivity contribution in [1.29, 1.82) is 0 Å². The van der Waals surface area contributed by atoms with Gasteiger partial charge in [-0.2, -0.15) is 13.2 Å². The Labute approximate surface area is 175 Å². The normalized spacial score (nSPS) is 11.7. The fourth-order valence-corrected chi connectivity index (χ4v) is 4.54. The summed E-state index contributed by atoms with van der Waals surface area (Å²) in [6.07, 6.45) is -2.68. The van der Waals surface area contributed by atoms with Crippen molar-refractivity contribution in [3.05, 3.63) is 65.4 Å². The standard InChI is InChI=1S/C22H18F3N3OS/c1-26-11-14-12-28-21(27-10-13-3-6-16(29-2)7-4-13)19-17-8-5-15(22(23,24)25)9-18(17)30-20(14)19/h3-9,12H,1,10-11H2,2H3,(H,27,28). The number of hydrogen-bond acceptors (Lipinski definition) is 5. The van der Waals surface area contributed by atoms with Gasteiger partial charge in [-0.3, -0.25) is 4.99 Å². The highest BCUT2D eigenvalue weighted by atomic mass is 32.1. The zero-order chi connectivity index (χ0) is 21.3. The number of anilines is 1. The fraction of sp³-hybridized carbons (Fsp3) is 0.182. The molecule has 4 aromatic rings. The number of nitrogens with zero attached hydrogens (tertiary/aromatic N) is 2. The smallest absolute Gasteiger partial charge is 0.416 e. The Kier molecular flexibility index (Phi) is 5.34. The van der Waals surface area contributed by atoms with Crippen LogP contribution < -0.4 is 10.1 Å². The molecule has 2 heterocycles. The Balaban J connectivity index is 1.78. The number of fused-ring (bicyclic) bond motifs is 3. The van der Waals surface area contributed by atoms with Crippen LogP contribution in [0.1, 0.15) is 16.7 Å². The Bertz CT molecular complexity index is 1220. The molecule has 2 aromatic carbocycles. The lowest BCUT2D eigenvalue weighted by atomic mass is 10.1. The number of benzene rings is 2. The third-order valence-electron chi connectivity index (χ3n) is 4.80. The summed E-state index contributed by atoms with van der Waals surface area (Å²) in [5.74, 6) is 1.39. The van der Waals surface area contributed by atoms with Crippen molar-refractivity contribution < 1.29 is 17.9 Å². The molecule has 0 radical (unpaired) electrons. The van der Waals surface area contributed by atoms with Crippen LogP contribution in [0.15, 0.2) is 53.7 Å². The van der Waals surface area contributed by atoms with Crippen molar-refractivity contribution in [2.24, 2.45) is 4.99 Å². The van der Waals surface area contributed by atoms with E-state index in [9.17, 15) is 13.2 Å². The zero-order valence-corrected chi connectivity index (χ0v) is 16.9. The molecule has 0 spiro atoms. The van der Waals surface area contributed by atoms with Gasteiger partial charge in [0.05, 0.1) is 19.2 Å². The van der Waals surface area contributed by atoms with Gasteiger partial charge in [-0.15, -0.1) is 11.3 Å². The van der Waals surface area contributed by atoms with E-state index in [0.717, 1.165) is 38.4 Å². The van der Waals surface area contributed by atoms with Crippen LogP contribution >= 0.6 is 11.3 Å². The van der Waals surface area contributed by atoms with E-state index < -0.39 is 11.7 Å². The second kappa shape index (κ2) is 7.95. The molecule has 0 bridgehead atoms. The quantitative estimate of drug-likeness (QED) is 0.367. The molecule has 154 valence electrons. The monoisotopic (exact) mass is 429 g/mol. The fourth-order valence-electron chi connectivity index (χ4n) is 3.30. The van der Waals surface area contributed by atoms with Gasteiger partial charge in [0, 0.05) is 38.5 Å². The number of thiophene rings is 1. The number of alkyl halides is 3. The summed E-state index contributed by atoms with van der Waals surface area (Å²) in [4.78, 5) is 8.46. The van der Waals surface area contributed by atoms with Crippen LogP contribution in [0.3, 0.4) is 0 Å². The summed E-state index contributed by atoms with van der Waals surface area (Å²) < 4.78 is 46.1. The topological polar surface area (TPSA) is 46.5 Å². The van der Waals surface area contributed by atoms with Crippen molar-refractivity contribution in [2.75, 3.05) is 12.4 Å². The highest BCUT2D eigenvalue weighted by Crippen LogP contribution is 2.42. The van der Waals surface area contributed by atoms with Gasteiger partial charge in [-0.25, -0.2) is 4.98 Å². The molecule has 0 aliphatic heterocycles. The number of methoxy groups -OCH3 is 1. The molecule has 4 rings (SSSR count). The van der Waals surface area contributed by atoms with E-state index in [4.69, 9.17) is 4.74 Å². The van der Waals surface area contributed by atoms with E-state index in [2.05, 4.69) is 22.0 Å². The molecule has 30 heavy (non-hydrogen) atoms. The number of hydrogen-bond donors (Lipinski definition) is 1. The van der Waals surface area contributed by atoms with E-state index >= 15 is 0 Å². The molecule has 0 saturated heterocycles. The first-order valence-electron chi connectivity index (χ1n) is 9.11. The van der Waals surface area contributed by atoms with Gasteiger partial charge in [0.2, 0.25) is 0 Å². The Morgan fingerprint density at radius 1 is 1.17 bits per heavy atom. The summed E-state index contributed by atoms with van der Waals surface area (Å²) in [5, 5.41) is 4.86. The van der Waals surface area contributed by atoms with E-state index in [1.165, 1.54) is 23.5 Å². The van der Waals surface area contributed by atoms with Crippen LogP contribution in [0.4, 0.5) is 19.0 Å². The van der Waals surface area contributed by atoms with Crippen LogP contribution in [0.5, 0.6) is 5.75 Å². The predicted molar refractivity (Wildman–Crippen MR) is 116 cm³/mol. The molecule has 0 fully saturated rings. The molecule has 0 amide bonds. The highest BCUT2D eigenvalue weighted by molar-refractivity contribution is 7.26. The number of ether oxygens (including phenoxy) is 1. The lowest BCUT2D eigenvalue weighted by molar-refractivity contribution is -0.137. The van der Waals surface area contributed by atoms with Crippen molar-refractivity contribution in [3.63, 3.8) is 0 Å². The van der Waals surface area contributed by atoms with Crippen LogP contribution in [-0.2, 0) is 19.3 Å². The second-order valence-electron chi connectivity index (χ2n) is 6.73. The third kappa shape index (κ3) is 3.82. The summed E-state index contributed by atoms with van der Waals surface area (Å²) in [6.45, 7) is 4.39. The largest absolute Gasteiger partial charge is 0.497 e.